The molecule has 2 aromatic heterocycles. The standard InChI is InChI=1S/C7H6N4OS/c8-11-5(12)7-10-4-2-1-3-9-6(4)13-7/h1-3H,8H2,(H,11,12). The molecule has 2 aromatic rings. The lowest BCUT2D eigenvalue weighted by molar-refractivity contribution is 0.0953. The van der Waals surface area contributed by atoms with Crippen LogP contribution in [-0.2, 0) is 0 Å². The fourth-order valence-electron chi connectivity index (χ4n) is 0.929. The van der Waals surface area contributed by atoms with E-state index in [1.54, 1.807) is 18.3 Å². The SMILES string of the molecule is NNC(=O)c1nc2cccnc2s1. The molecule has 0 spiro atoms. The zero-order chi connectivity index (χ0) is 9.26. The molecule has 0 aliphatic rings. The van der Waals surface area contributed by atoms with Gasteiger partial charge in [-0.15, -0.1) is 0 Å². The number of thiazole rings is 1. The Bertz CT molecular complexity index is 419. The Morgan fingerprint density at radius 1 is 1.62 bits per heavy atom. The van der Waals surface area contributed by atoms with Crippen molar-refractivity contribution >= 4 is 27.6 Å². The summed E-state index contributed by atoms with van der Waals surface area (Å²) in [6.07, 6.45) is 1.66. The first-order valence-corrected chi connectivity index (χ1v) is 4.35. The van der Waals surface area contributed by atoms with E-state index in [4.69, 9.17) is 5.84 Å². The maximum atomic E-state index is 11.1. The smallest absolute Gasteiger partial charge is 0.288 e. The number of nitrogens with two attached hydrogens (primary N) is 1. The molecule has 5 nitrogen and oxygen atoms in total. The summed E-state index contributed by atoms with van der Waals surface area (Å²) < 4.78 is 0. The van der Waals surface area contributed by atoms with E-state index in [2.05, 4.69) is 9.97 Å². The van der Waals surface area contributed by atoms with Crippen molar-refractivity contribution in [2.75, 3.05) is 0 Å². The molecular formula is C7H6N4OS. The van der Waals surface area contributed by atoms with Crippen LogP contribution < -0.4 is 11.3 Å². The minimum Gasteiger partial charge on any atom is -0.288 e. The molecule has 0 aromatic carbocycles. The molecule has 0 atom stereocenters. The number of hydrazine groups is 1. The van der Waals surface area contributed by atoms with Gasteiger partial charge in [-0.1, -0.05) is 11.3 Å². The lowest BCUT2D eigenvalue weighted by Crippen LogP contribution is -2.29. The zero-order valence-electron chi connectivity index (χ0n) is 6.52. The van der Waals surface area contributed by atoms with Gasteiger partial charge in [-0.05, 0) is 12.1 Å². The monoisotopic (exact) mass is 194 g/mol. The molecule has 13 heavy (non-hydrogen) atoms. The number of hydrogen-bond donors (Lipinski definition) is 2. The lowest BCUT2D eigenvalue weighted by Gasteiger charge is -1.89. The lowest BCUT2D eigenvalue weighted by atomic mass is 10.5. The van der Waals surface area contributed by atoms with Gasteiger partial charge in [-0.3, -0.25) is 10.2 Å². The molecule has 66 valence electrons. The van der Waals surface area contributed by atoms with Crippen molar-refractivity contribution in [3.8, 4) is 0 Å². The Morgan fingerprint density at radius 2 is 2.46 bits per heavy atom. The van der Waals surface area contributed by atoms with E-state index in [0.717, 1.165) is 4.83 Å². The van der Waals surface area contributed by atoms with Gasteiger partial charge in [-0.25, -0.2) is 15.8 Å². The molecule has 1 amide bonds. The number of hydrogen-bond acceptors (Lipinski definition) is 5. The Balaban J connectivity index is 2.56. The largest absolute Gasteiger partial charge is 0.294 e. The molecule has 0 fully saturated rings. The third-order valence-electron chi connectivity index (χ3n) is 1.49. The zero-order valence-corrected chi connectivity index (χ0v) is 7.34. The van der Waals surface area contributed by atoms with Crippen molar-refractivity contribution in [3.63, 3.8) is 0 Å². The number of rotatable bonds is 1. The van der Waals surface area contributed by atoms with Gasteiger partial charge < -0.3 is 0 Å². The van der Waals surface area contributed by atoms with Crippen LogP contribution in [-0.4, -0.2) is 15.9 Å². The van der Waals surface area contributed by atoms with Gasteiger partial charge in [0.1, 0.15) is 10.3 Å². The van der Waals surface area contributed by atoms with E-state index in [-0.39, 0.29) is 5.91 Å². The van der Waals surface area contributed by atoms with Crippen LogP contribution in [0.3, 0.4) is 0 Å². The topological polar surface area (TPSA) is 80.9 Å². The van der Waals surface area contributed by atoms with Gasteiger partial charge in [0, 0.05) is 6.20 Å². The highest BCUT2D eigenvalue weighted by molar-refractivity contribution is 7.19. The van der Waals surface area contributed by atoms with Crippen LogP contribution >= 0.6 is 11.3 Å². The van der Waals surface area contributed by atoms with Gasteiger partial charge in [0.25, 0.3) is 5.91 Å². The number of nitrogen functional groups attached to an aromatic ring is 1. The molecule has 0 saturated heterocycles. The number of nitrogens with zero attached hydrogens (tertiary/aromatic N) is 2. The van der Waals surface area contributed by atoms with E-state index in [9.17, 15) is 4.79 Å². The van der Waals surface area contributed by atoms with E-state index in [1.807, 2.05) is 5.43 Å². The van der Waals surface area contributed by atoms with Gasteiger partial charge in [0.05, 0.1) is 0 Å². The first-order chi connectivity index (χ1) is 6.31. The number of pyridine rings is 1. The second kappa shape index (κ2) is 3.08. The molecule has 0 aliphatic heterocycles. The van der Waals surface area contributed by atoms with Crippen LogP contribution in [0.2, 0.25) is 0 Å². The summed E-state index contributed by atoms with van der Waals surface area (Å²) in [6.45, 7) is 0. The number of nitrogens with one attached hydrogen (secondary N) is 1. The summed E-state index contributed by atoms with van der Waals surface area (Å²) in [5.74, 6) is 4.59. The summed E-state index contributed by atoms with van der Waals surface area (Å²) in [5.41, 5.74) is 2.74. The summed E-state index contributed by atoms with van der Waals surface area (Å²) in [7, 11) is 0. The van der Waals surface area contributed by atoms with Gasteiger partial charge in [0.2, 0.25) is 0 Å². The fourth-order valence-corrected chi connectivity index (χ4v) is 1.74. The highest BCUT2D eigenvalue weighted by Crippen LogP contribution is 2.18. The predicted octanol–water partition coefficient (Wildman–Crippen LogP) is 0.295. The number of carbonyl (C=O) groups is 1. The molecular weight excluding hydrogens is 188 g/mol. The van der Waals surface area contributed by atoms with Gasteiger partial charge >= 0.3 is 0 Å². The van der Waals surface area contributed by atoms with Crippen LogP contribution in [0.4, 0.5) is 0 Å². The van der Waals surface area contributed by atoms with Crippen molar-refractivity contribution < 1.29 is 4.79 Å². The minimum atomic E-state index is -0.386. The molecule has 0 bridgehead atoms. The Morgan fingerprint density at radius 3 is 3.15 bits per heavy atom. The highest BCUT2D eigenvalue weighted by atomic mass is 32.1. The fraction of sp³-hybridized carbons (Fsp3) is 0. The third-order valence-corrected chi connectivity index (χ3v) is 2.47. The number of fused-ring (bicyclic) bond motifs is 1. The maximum Gasteiger partial charge on any atom is 0.294 e. The first-order valence-electron chi connectivity index (χ1n) is 3.54. The molecule has 2 heterocycles. The second-order valence-electron chi connectivity index (χ2n) is 2.32. The van der Waals surface area contributed by atoms with E-state index < -0.39 is 0 Å². The predicted molar refractivity (Wildman–Crippen MR) is 49.1 cm³/mol. The molecule has 3 N–H and O–H groups in total. The average Bonchev–Trinajstić information content (AvgIpc) is 2.59. The number of aromatic nitrogens is 2. The van der Waals surface area contributed by atoms with Crippen LogP contribution in [0.5, 0.6) is 0 Å². The van der Waals surface area contributed by atoms with Crippen molar-refractivity contribution in [1.82, 2.24) is 15.4 Å². The van der Waals surface area contributed by atoms with Crippen LogP contribution in [0.15, 0.2) is 18.3 Å². The average molecular weight is 194 g/mol. The quantitative estimate of drug-likeness (QED) is 0.388. The molecule has 6 heteroatoms. The van der Waals surface area contributed by atoms with Gasteiger partial charge in [0.15, 0.2) is 5.01 Å². The summed E-state index contributed by atoms with van der Waals surface area (Å²) in [5, 5.41) is 0.330. The van der Waals surface area contributed by atoms with E-state index in [0.29, 0.717) is 10.5 Å². The normalized spacial score (nSPS) is 10.2. The van der Waals surface area contributed by atoms with Crippen LogP contribution in [0, 0.1) is 0 Å². The highest BCUT2D eigenvalue weighted by Gasteiger charge is 2.10. The Kier molecular flexibility index (Phi) is 1.91. The maximum absolute atomic E-state index is 11.1. The molecule has 0 saturated carbocycles. The van der Waals surface area contributed by atoms with E-state index in [1.165, 1.54) is 11.3 Å². The Hall–Kier alpha value is -1.53. The third kappa shape index (κ3) is 1.36. The van der Waals surface area contributed by atoms with Crippen molar-refractivity contribution in [2.45, 2.75) is 0 Å². The molecule has 0 unspecified atom stereocenters. The molecule has 0 aliphatic carbocycles. The van der Waals surface area contributed by atoms with Crippen molar-refractivity contribution in [1.29, 1.82) is 0 Å². The van der Waals surface area contributed by atoms with Crippen LogP contribution in [0.1, 0.15) is 9.80 Å². The number of carbonyl (C=O) groups excluding carboxylic acids is 1. The second-order valence-corrected chi connectivity index (χ2v) is 3.30. The first kappa shape index (κ1) is 8.09. The van der Waals surface area contributed by atoms with Gasteiger partial charge in [-0.2, -0.15) is 0 Å². The van der Waals surface area contributed by atoms with Crippen molar-refractivity contribution in [2.24, 2.45) is 5.84 Å². The Labute approximate surface area is 77.6 Å². The van der Waals surface area contributed by atoms with E-state index >= 15 is 0 Å². The summed E-state index contributed by atoms with van der Waals surface area (Å²) in [6, 6.07) is 3.57. The number of amides is 1. The summed E-state index contributed by atoms with van der Waals surface area (Å²) in [4.78, 5) is 19.9. The van der Waals surface area contributed by atoms with Crippen molar-refractivity contribution in [3.05, 3.63) is 23.3 Å². The molecule has 2 rings (SSSR count). The minimum absolute atomic E-state index is 0.330. The summed E-state index contributed by atoms with van der Waals surface area (Å²) >= 11 is 1.22. The molecule has 0 radical (unpaired) electrons. The van der Waals surface area contributed by atoms with Crippen LogP contribution in [0.25, 0.3) is 10.3 Å².